The second kappa shape index (κ2) is 48.7. The molecule has 2 atom stereocenters. The van der Waals surface area contributed by atoms with E-state index >= 15 is 0 Å². The van der Waals surface area contributed by atoms with Crippen molar-refractivity contribution in [3.05, 3.63) is 97.2 Å². The molecular formula is C59H99NO7. The van der Waals surface area contributed by atoms with Crippen LogP contribution < -0.4 is 5.11 Å². The number of likely N-dealkylation sites (N-methyl/N-ethyl adjacent to an activating group) is 1. The van der Waals surface area contributed by atoms with E-state index in [0.717, 1.165) is 70.6 Å². The fourth-order valence-corrected chi connectivity index (χ4v) is 7.35. The first-order valence-corrected chi connectivity index (χ1v) is 26.8. The second-order valence-electron chi connectivity index (χ2n) is 18.7. The summed E-state index contributed by atoms with van der Waals surface area (Å²) in [5.74, 6) is -1.82. The number of rotatable bonds is 47. The molecule has 0 aliphatic heterocycles. The lowest BCUT2D eigenvalue weighted by Crippen LogP contribution is -2.55. The zero-order valence-electron chi connectivity index (χ0n) is 43.5. The van der Waals surface area contributed by atoms with Crippen molar-refractivity contribution in [3.8, 4) is 0 Å². The summed E-state index contributed by atoms with van der Waals surface area (Å²) in [5.41, 5.74) is 0. The van der Waals surface area contributed by atoms with Gasteiger partial charge in [-0.15, -0.1) is 0 Å². The van der Waals surface area contributed by atoms with Crippen LogP contribution in [0.4, 0.5) is 0 Å². The Kier molecular flexibility index (Phi) is 46.0. The number of hydrogen-bond acceptors (Lipinski definition) is 7. The van der Waals surface area contributed by atoms with Gasteiger partial charge in [0.1, 0.15) is 12.6 Å². The molecule has 382 valence electrons. The number of quaternary nitrogens is 1. The molecule has 0 N–H and O–H groups in total. The van der Waals surface area contributed by atoms with Gasteiger partial charge >= 0.3 is 11.9 Å². The van der Waals surface area contributed by atoms with Gasteiger partial charge in [-0.2, -0.15) is 0 Å². The Labute approximate surface area is 411 Å². The Balaban J connectivity index is 4.35. The second-order valence-corrected chi connectivity index (χ2v) is 18.7. The van der Waals surface area contributed by atoms with E-state index in [1.165, 1.54) is 96.3 Å². The van der Waals surface area contributed by atoms with Crippen LogP contribution in [0, 0.1) is 0 Å². The fourth-order valence-electron chi connectivity index (χ4n) is 7.35. The number of aliphatic carboxylic acids is 1. The lowest BCUT2D eigenvalue weighted by molar-refractivity contribution is -0.889. The molecule has 0 heterocycles. The van der Waals surface area contributed by atoms with Gasteiger partial charge in [0.15, 0.2) is 6.10 Å². The van der Waals surface area contributed by atoms with Gasteiger partial charge in [-0.25, -0.2) is 0 Å². The van der Waals surface area contributed by atoms with Crippen molar-refractivity contribution in [2.45, 2.75) is 219 Å². The first-order valence-electron chi connectivity index (χ1n) is 26.8. The molecule has 0 radical (unpaired) electrons. The molecule has 2 unspecified atom stereocenters. The molecule has 0 spiro atoms. The monoisotopic (exact) mass is 934 g/mol. The molecule has 8 nitrogen and oxygen atoms in total. The average molecular weight is 934 g/mol. The SMILES string of the molecule is CC/C=C/C/C=C/C/C=C/C/C=C/C/C=C/C/C=C/C/C=C/CCCC(=O)OCC(COCCC(C(=O)[O-])[N+](C)(C)C)OC(=O)CCCCCCCCC/C=C/CCCCCCCCCCC. The summed E-state index contributed by atoms with van der Waals surface area (Å²) >= 11 is 0. The Morgan fingerprint density at radius 2 is 0.851 bits per heavy atom. The summed E-state index contributed by atoms with van der Waals surface area (Å²) in [6, 6.07) is -0.741. The van der Waals surface area contributed by atoms with Crippen LogP contribution in [0.5, 0.6) is 0 Å². The zero-order valence-corrected chi connectivity index (χ0v) is 43.5. The topological polar surface area (TPSA) is 102 Å². The Bertz CT molecular complexity index is 1410. The highest BCUT2D eigenvalue weighted by Gasteiger charge is 2.25. The normalized spacial score (nSPS) is 13.6. The molecule has 0 aromatic carbocycles. The van der Waals surface area contributed by atoms with E-state index in [1.807, 2.05) is 0 Å². The van der Waals surface area contributed by atoms with Gasteiger partial charge in [-0.1, -0.05) is 195 Å². The minimum absolute atomic E-state index is 0.0156. The molecule has 8 heteroatoms. The van der Waals surface area contributed by atoms with Gasteiger partial charge in [0.05, 0.1) is 40.3 Å². The third-order valence-corrected chi connectivity index (χ3v) is 11.5. The number of unbranched alkanes of at least 4 members (excludes halogenated alkanes) is 17. The molecule has 0 amide bonds. The Hall–Kier alpha value is -3.75. The number of allylic oxidation sites excluding steroid dienone is 16. The van der Waals surface area contributed by atoms with E-state index < -0.39 is 18.1 Å². The molecule has 0 bridgehead atoms. The highest BCUT2D eigenvalue weighted by molar-refractivity contribution is 5.70. The number of carboxylic acid groups (broad SMARTS) is 1. The summed E-state index contributed by atoms with van der Waals surface area (Å²) in [4.78, 5) is 37.1. The Morgan fingerprint density at radius 3 is 1.30 bits per heavy atom. The Morgan fingerprint density at radius 1 is 0.463 bits per heavy atom. The van der Waals surface area contributed by atoms with Crippen LogP contribution in [0.15, 0.2) is 97.2 Å². The van der Waals surface area contributed by atoms with Crippen molar-refractivity contribution < 1.29 is 38.2 Å². The molecule has 0 saturated carbocycles. The fraction of sp³-hybridized carbons (Fsp3) is 0.678. The van der Waals surface area contributed by atoms with Crippen LogP contribution >= 0.6 is 0 Å². The number of carbonyl (C=O) groups excluding carboxylic acids is 3. The number of carbonyl (C=O) groups is 3. The first kappa shape index (κ1) is 63.2. The lowest BCUT2D eigenvalue weighted by atomic mass is 10.1. The molecule has 0 aromatic heterocycles. The van der Waals surface area contributed by atoms with Gasteiger partial charge in [-0.3, -0.25) is 9.59 Å². The lowest BCUT2D eigenvalue weighted by Gasteiger charge is -2.34. The van der Waals surface area contributed by atoms with E-state index in [9.17, 15) is 19.5 Å². The van der Waals surface area contributed by atoms with Gasteiger partial charge in [-0.05, 0) is 89.9 Å². The van der Waals surface area contributed by atoms with Crippen molar-refractivity contribution in [2.24, 2.45) is 0 Å². The molecule has 67 heavy (non-hydrogen) atoms. The van der Waals surface area contributed by atoms with Crippen LogP contribution in [-0.4, -0.2) is 75.5 Å². The number of carboxylic acids is 1. The van der Waals surface area contributed by atoms with Crippen LogP contribution in [-0.2, 0) is 28.6 Å². The molecule has 0 rings (SSSR count). The average Bonchev–Trinajstić information content (AvgIpc) is 3.29. The zero-order chi connectivity index (χ0) is 49.2. The predicted octanol–water partition coefficient (Wildman–Crippen LogP) is 14.5. The standard InChI is InChI=1S/C59H99NO7/c1-6-8-10-12-14-16-18-20-22-24-26-28-29-30-32-33-35-37-39-41-43-45-47-49-57(61)66-54-55(53-65-52-51-56(59(63)64)60(3,4)5)67-58(62)50-48-46-44-42-40-38-36-34-31-27-25-23-21-19-17-15-13-11-9-7-2/h8,10,14,16,20,22,26-28,30-32,35,37,41,43,55-56H,6-7,9,11-13,15,17-19,21,23-25,29,33-34,36,38-40,42,44-54H2,1-5H3/b10-8+,16-14+,22-20+,28-26+,31-27+,32-30+,37-35+,43-41+. The maximum absolute atomic E-state index is 12.8. The summed E-state index contributed by atoms with van der Waals surface area (Å²) in [6.07, 6.45) is 65.9. The van der Waals surface area contributed by atoms with Crippen molar-refractivity contribution >= 4 is 17.9 Å². The smallest absolute Gasteiger partial charge is 0.306 e. The minimum atomic E-state index is -1.14. The number of esters is 2. The van der Waals surface area contributed by atoms with Gasteiger partial charge in [0, 0.05) is 19.3 Å². The number of hydrogen-bond donors (Lipinski definition) is 0. The number of ether oxygens (including phenoxy) is 3. The van der Waals surface area contributed by atoms with Gasteiger partial charge in [0.2, 0.25) is 0 Å². The first-order chi connectivity index (χ1) is 32.6. The molecule has 0 saturated heterocycles. The van der Waals surface area contributed by atoms with Crippen LogP contribution in [0.25, 0.3) is 0 Å². The van der Waals surface area contributed by atoms with Gasteiger partial charge in [0.25, 0.3) is 0 Å². The maximum Gasteiger partial charge on any atom is 0.306 e. The predicted molar refractivity (Wildman–Crippen MR) is 281 cm³/mol. The van der Waals surface area contributed by atoms with Crippen LogP contribution in [0.3, 0.4) is 0 Å². The third kappa shape index (κ3) is 47.1. The quantitative estimate of drug-likeness (QED) is 0.0259. The molecule has 0 fully saturated rings. The number of nitrogens with zero attached hydrogens (tertiary/aromatic N) is 1. The van der Waals surface area contributed by atoms with Crippen LogP contribution in [0.2, 0.25) is 0 Å². The molecule has 0 aliphatic rings. The van der Waals surface area contributed by atoms with Crippen molar-refractivity contribution in [1.82, 2.24) is 0 Å². The van der Waals surface area contributed by atoms with Gasteiger partial charge < -0.3 is 28.6 Å². The maximum atomic E-state index is 12.8. The highest BCUT2D eigenvalue weighted by atomic mass is 16.6. The van der Waals surface area contributed by atoms with Crippen molar-refractivity contribution in [3.63, 3.8) is 0 Å². The molecule has 0 aliphatic carbocycles. The largest absolute Gasteiger partial charge is 0.544 e. The molecule has 0 aromatic rings. The minimum Gasteiger partial charge on any atom is -0.544 e. The molecular weight excluding hydrogens is 835 g/mol. The van der Waals surface area contributed by atoms with E-state index in [4.69, 9.17) is 14.2 Å². The summed E-state index contributed by atoms with van der Waals surface area (Å²) in [5, 5.41) is 11.7. The summed E-state index contributed by atoms with van der Waals surface area (Å²) in [6.45, 7) is 4.49. The van der Waals surface area contributed by atoms with E-state index in [1.54, 1.807) is 21.1 Å². The van der Waals surface area contributed by atoms with E-state index in [-0.39, 0.29) is 49.1 Å². The van der Waals surface area contributed by atoms with Crippen molar-refractivity contribution in [2.75, 3.05) is 41.0 Å². The summed E-state index contributed by atoms with van der Waals surface area (Å²) < 4.78 is 17.2. The van der Waals surface area contributed by atoms with E-state index in [2.05, 4.69) is 111 Å². The van der Waals surface area contributed by atoms with E-state index in [0.29, 0.717) is 12.8 Å². The summed E-state index contributed by atoms with van der Waals surface area (Å²) in [7, 11) is 5.39. The highest BCUT2D eigenvalue weighted by Crippen LogP contribution is 2.14. The van der Waals surface area contributed by atoms with Crippen LogP contribution in [0.1, 0.15) is 206 Å². The third-order valence-electron chi connectivity index (χ3n) is 11.5. The van der Waals surface area contributed by atoms with Crippen molar-refractivity contribution in [1.29, 1.82) is 0 Å².